The number of amides is 2. The van der Waals surface area contributed by atoms with Gasteiger partial charge in [0, 0.05) is 21.3 Å². The van der Waals surface area contributed by atoms with E-state index in [0.717, 1.165) is 25.9 Å². The van der Waals surface area contributed by atoms with Crippen molar-refractivity contribution < 1.29 is 14.3 Å². The second-order valence-electron chi connectivity index (χ2n) is 6.93. The van der Waals surface area contributed by atoms with Crippen LogP contribution in [0.5, 0.6) is 11.5 Å². The molecule has 6 nitrogen and oxygen atoms in total. The number of hydrazone groups is 1. The van der Waals surface area contributed by atoms with Crippen molar-refractivity contribution in [3.05, 3.63) is 84.9 Å². The standard InChI is InChI=1S/C24H22Cl2IN3O3/c1-3-32-22-11-16(13-28-30-24(31)29-21-7-5-4-6-15(21)2)10-20(27)23(22)33-14-17-8-9-18(25)12-19(17)26/h4-13H,3,14H2,1-2H3,(H2,29,30,31). The van der Waals surface area contributed by atoms with Gasteiger partial charge in [-0.05, 0) is 77.9 Å². The number of urea groups is 1. The molecule has 3 rings (SSSR count). The van der Waals surface area contributed by atoms with Gasteiger partial charge in [0.2, 0.25) is 0 Å². The summed E-state index contributed by atoms with van der Waals surface area (Å²) in [6, 6.07) is 16.0. The number of halogens is 3. The lowest BCUT2D eigenvalue weighted by Gasteiger charge is -2.15. The molecule has 172 valence electrons. The summed E-state index contributed by atoms with van der Waals surface area (Å²) in [5, 5.41) is 7.90. The number of aryl methyl sites for hydroxylation is 1. The Hall–Kier alpha value is -2.49. The summed E-state index contributed by atoms with van der Waals surface area (Å²) in [5.41, 5.74) is 5.71. The quantitative estimate of drug-likeness (QED) is 0.166. The predicted molar refractivity (Wildman–Crippen MR) is 142 cm³/mol. The van der Waals surface area contributed by atoms with Crippen LogP contribution in [0.3, 0.4) is 0 Å². The Kier molecular flexibility index (Phi) is 9.22. The van der Waals surface area contributed by atoms with Crippen LogP contribution in [0.4, 0.5) is 10.5 Å². The average Bonchev–Trinajstić information content (AvgIpc) is 2.76. The molecule has 0 aliphatic rings. The molecule has 0 saturated carbocycles. The number of carbonyl (C=O) groups excluding carboxylic acids is 1. The van der Waals surface area contributed by atoms with E-state index in [9.17, 15) is 4.79 Å². The molecule has 0 aliphatic carbocycles. The molecule has 0 aromatic heterocycles. The first kappa shape index (κ1) is 25.1. The van der Waals surface area contributed by atoms with Gasteiger partial charge in [-0.15, -0.1) is 0 Å². The van der Waals surface area contributed by atoms with E-state index in [0.29, 0.717) is 28.2 Å². The molecule has 33 heavy (non-hydrogen) atoms. The van der Waals surface area contributed by atoms with Gasteiger partial charge >= 0.3 is 6.03 Å². The van der Waals surface area contributed by atoms with E-state index in [2.05, 4.69) is 38.4 Å². The molecule has 0 bridgehead atoms. The van der Waals surface area contributed by atoms with Crippen LogP contribution < -0.4 is 20.2 Å². The van der Waals surface area contributed by atoms with E-state index in [1.165, 1.54) is 0 Å². The first-order valence-corrected chi connectivity index (χ1v) is 11.9. The van der Waals surface area contributed by atoms with Crippen molar-refractivity contribution in [3.8, 4) is 11.5 Å². The number of nitrogens with one attached hydrogen (secondary N) is 2. The Morgan fingerprint density at radius 2 is 1.91 bits per heavy atom. The smallest absolute Gasteiger partial charge is 0.339 e. The number of rotatable bonds is 8. The highest BCUT2D eigenvalue weighted by Gasteiger charge is 2.13. The fourth-order valence-corrected chi connectivity index (χ4v) is 4.13. The second-order valence-corrected chi connectivity index (χ2v) is 8.93. The van der Waals surface area contributed by atoms with E-state index in [4.69, 9.17) is 32.7 Å². The maximum Gasteiger partial charge on any atom is 0.339 e. The fourth-order valence-electron chi connectivity index (χ4n) is 2.88. The third-order valence-electron chi connectivity index (χ3n) is 4.49. The van der Waals surface area contributed by atoms with Crippen LogP contribution in [0.15, 0.2) is 59.7 Å². The molecule has 2 N–H and O–H groups in total. The van der Waals surface area contributed by atoms with Crippen molar-refractivity contribution in [2.24, 2.45) is 5.10 Å². The van der Waals surface area contributed by atoms with Crippen molar-refractivity contribution in [2.75, 3.05) is 11.9 Å². The molecule has 0 atom stereocenters. The van der Waals surface area contributed by atoms with Crippen LogP contribution in [0.25, 0.3) is 0 Å². The van der Waals surface area contributed by atoms with Gasteiger partial charge in [-0.25, -0.2) is 10.2 Å². The van der Waals surface area contributed by atoms with Crippen molar-refractivity contribution in [1.29, 1.82) is 0 Å². The molecule has 3 aromatic carbocycles. The van der Waals surface area contributed by atoms with Gasteiger partial charge in [-0.3, -0.25) is 0 Å². The highest BCUT2D eigenvalue weighted by Crippen LogP contribution is 2.35. The number of benzene rings is 3. The summed E-state index contributed by atoms with van der Waals surface area (Å²) in [5.74, 6) is 1.17. The molecule has 0 unspecified atom stereocenters. The zero-order valence-corrected chi connectivity index (χ0v) is 21.7. The Bertz CT molecular complexity index is 1170. The molecule has 0 aliphatic heterocycles. The van der Waals surface area contributed by atoms with Gasteiger partial charge in [0.15, 0.2) is 11.5 Å². The van der Waals surface area contributed by atoms with Crippen LogP contribution in [0.2, 0.25) is 10.0 Å². The zero-order valence-electron chi connectivity index (χ0n) is 18.0. The lowest BCUT2D eigenvalue weighted by atomic mass is 10.2. The minimum absolute atomic E-state index is 0.264. The largest absolute Gasteiger partial charge is 0.490 e. The van der Waals surface area contributed by atoms with Crippen molar-refractivity contribution in [1.82, 2.24) is 5.43 Å². The fraction of sp³-hybridized carbons (Fsp3) is 0.167. The minimum atomic E-state index is -0.430. The van der Waals surface area contributed by atoms with Crippen molar-refractivity contribution >= 4 is 63.7 Å². The van der Waals surface area contributed by atoms with Gasteiger partial charge in [-0.1, -0.05) is 47.5 Å². The molecule has 0 radical (unpaired) electrons. The molecule has 0 fully saturated rings. The third-order valence-corrected chi connectivity index (χ3v) is 5.88. The van der Waals surface area contributed by atoms with Gasteiger partial charge in [0.1, 0.15) is 6.61 Å². The molecular weight excluding hydrogens is 576 g/mol. The SMILES string of the molecule is CCOc1cc(C=NNC(=O)Nc2ccccc2C)cc(I)c1OCc1ccc(Cl)cc1Cl. The summed E-state index contributed by atoms with van der Waals surface area (Å²) in [7, 11) is 0. The third kappa shape index (κ3) is 7.25. The van der Waals surface area contributed by atoms with Gasteiger partial charge < -0.3 is 14.8 Å². The number of ether oxygens (including phenoxy) is 2. The van der Waals surface area contributed by atoms with Crippen LogP contribution in [0, 0.1) is 10.5 Å². The van der Waals surface area contributed by atoms with E-state index in [1.54, 1.807) is 24.4 Å². The first-order valence-electron chi connectivity index (χ1n) is 10.1. The highest BCUT2D eigenvalue weighted by molar-refractivity contribution is 14.1. The summed E-state index contributed by atoms with van der Waals surface area (Å²) >= 11 is 14.4. The Labute approximate surface area is 216 Å². The number of nitrogens with zero attached hydrogens (tertiary/aromatic N) is 1. The highest BCUT2D eigenvalue weighted by atomic mass is 127. The number of hydrogen-bond donors (Lipinski definition) is 2. The summed E-state index contributed by atoms with van der Waals surface area (Å²) in [6.45, 7) is 4.54. The lowest BCUT2D eigenvalue weighted by molar-refractivity contribution is 0.252. The molecule has 0 saturated heterocycles. The van der Waals surface area contributed by atoms with Crippen LogP contribution in [-0.2, 0) is 6.61 Å². The molecule has 2 amide bonds. The normalized spacial score (nSPS) is 10.8. The lowest BCUT2D eigenvalue weighted by Crippen LogP contribution is -2.24. The molecule has 0 heterocycles. The zero-order chi connectivity index (χ0) is 23.8. The van der Waals surface area contributed by atoms with E-state index < -0.39 is 6.03 Å². The van der Waals surface area contributed by atoms with Crippen molar-refractivity contribution in [2.45, 2.75) is 20.5 Å². The topological polar surface area (TPSA) is 72.0 Å². The van der Waals surface area contributed by atoms with E-state index >= 15 is 0 Å². The molecule has 3 aromatic rings. The Morgan fingerprint density at radius 1 is 1.12 bits per heavy atom. The Morgan fingerprint density at radius 3 is 2.64 bits per heavy atom. The number of hydrogen-bond acceptors (Lipinski definition) is 4. The van der Waals surface area contributed by atoms with Crippen LogP contribution >= 0.6 is 45.8 Å². The Balaban J connectivity index is 1.69. The monoisotopic (exact) mass is 597 g/mol. The number of carbonyl (C=O) groups is 1. The van der Waals surface area contributed by atoms with Crippen LogP contribution in [-0.4, -0.2) is 18.9 Å². The van der Waals surface area contributed by atoms with Crippen LogP contribution in [0.1, 0.15) is 23.6 Å². The van der Waals surface area contributed by atoms with E-state index in [1.807, 2.05) is 50.2 Å². The van der Waals surface area contributed by atoms with Crippen molar-refractivity contribution in [3.63, 3.8) is 0 Å². The maximum absolute atomic E-state index is 12.1. The van der Waals surface area contributed by atoms with E-state index in [-0.39, 0.29) is 6.61 Å². The van der Waals surface area contributed by atoms with Gasteiger partial charge in [-0.2, -0.15) is 5.10 Å². The summed E-state index contributed by atoms with van der Waals surface area (Å²) in [6.07, 6.45) is 1.54. The van der Waals surface area contributed by atoms with Gasteiger partial charge in [0.25, 0.3) is 0 Å². The molecular formula is C24H22Cl2IN3O3. The first-order chi connectivity index (χ1) is 15.9. The predicted octanol–water partition coefficient (Wildman–Crippen LogP) is 7.04. The number of para-hydroxylation sites is 1. The maximum atomic E-state index is 12.1. The molecule has 0 spiro atoms. The van der Waals surface area contributed by atoms with Gasteiger partial charge in [0.05, 0.1) is 16.4 Å². The summed E-state index contributed by atoms with van der Waals surface area (Å²) in [4.78, 5) is 12.1. The molecule has 9 heteroatoms. The average molecular weight is 598 g/mol. The second kappa shape index (κ2) is 12.1. The number of anilines is 1. The summed E-state index contributed by atoms with van der Waals surface area (Å²) < 4.78 is 12.6. The minimum Gasteiger partial charge on any atom is -0.490 e.